The summed E-state index contributed by atoms with van der Waals surface area (Å²) in [4.78, 5) is 25.8. The third kappa shape index (κ3) is 12.9. The van der Waals surface area contributed by atoms with Crippen LogP contribution in [-0.2, 0) is 27.4 Å². The summed E-state index contributed by atoms with van der Waals surface area (Å²) in [5.41, 5.74) is 0.877. The highest BCUT2D eigenvalue weighted by atomic mass is 31.3. The van der Waals surface area contributed by atoms with Gasteiger partial charge < -0.3 is 24.2 Å². The monoisotopic (exact) mass is 334 g/mol. The van der Waals surface area contributed by atoms with E-state index in [0.717, 1.165) is 12.0 Å². The first-order valence-electron chi connectivity index (χ1n) is 5.63. The molecular weight excluding hydrogens is 314 g/mol. The van der Waals surface area contributed by atoms with Crippen LogP contribution >= 0.6 is 15.6 Å². The summed E-state index contributed by atoms with van der Waals surface area (Å²) in [6.45, 7) is 2.23. The molecule has 0 aromatic heterocycles. The molecule has 0 aliphatic carbocycles. The third-order valence-electron chi connectivity index (χ3n) is 1.94. The minimum Gasteiger partial charge on any atom is -0.359 e. The average Bonchev–Trinajstić information content (AvgIpc) is 2.25. The Morgan fingerprint density at radius 1 is 1.25 bits per heavy atom. The molecule has 0 spiro atoms. The van der Waals surface area contributed by atoms with E-state index in [4.69, 9.17) is 24.2 Å². The van der Waals surface area contributed by atoms with Gasteiger partial charge in [0.2, 0.25) is 0 Å². The van der Waals surface area contributed by atoms with E-state index in [0.29, 0.717) is 13.0 Å². The van der Waals surface area contributed by atoms with Crippen LogP contribution in [0.4, 0.5) is 0 Å². The van der Waals surface area contributed by atoms with Crippen molar-refractivity contribution in [3.8, 4) is 0 Å². The number of hydrogen-bond donors (Lipinski definition) is 3. The number of allylic oxidation sites excluding steroid dienone is 1. The zero-order chi connectivity index (χ0) is 15.6. The van der Waals surface area contributed by atoms with Crippen molar-refractivity contribution in [2.75, 3.05) is 27.1 Å². The molecule has 0 fully saturated rings. The molecule has 20 heavy (non-hydrogen) atoms. The van der Waals surface area contributed by atoms with E-state index in [9.17, 15) is 9.13 Å². The summed E-state index contributed by atoms with van der Waals surface area (Å²) >= 11 is 0. The minimum atomic E-state index is -5.07. The molecule has 3 N–H and O–H groups in total. The average molecular weight is 334 g/mol. The molecule has 0 aliphatic rings. The Labute approximate surface area is 117 Å². The van der Waals surface area contributed by atoms with E-state index in [1.807, 2.05) is 0 Å². The first-order chi connectivity index (χ1) is 9.16. The van der Waals surface area contributed by atoms with Gasteiger partial charge in [0.05, 0.1) is 6.61 Å². The first kappa shape index (κ1) is 19.9. The van der Waals surface area contributed by atoms with E-state index in [2.05, 4.69) is 8.83 Å². The summed E-state index contributed by atoms with van der Waals surface area (Å²) < 4.78 is 39.3. The maximum Gasteiger partial charge on any atom is 0.481 e. The number of ether oxygens (including phenoxy) is 2. The fourth-order valence-corrected chi connectivity index (χ4v) is 2.66. The topological polar surface area (TPSA) is 132 Å². The maximum absolute atomic E-state index is 11.1. The smallest absolute Gasteiger partial charge is 0.359 e. The van der Waals surface area contributed by atoms with Gasteiger partial charge >= 0.3 is 15.6 Å². The summed E-state index contributed by atoms with van der Waals surface area (Å²) in [5.74, 6) is 0. The Balaban J connectivity index is 3.92. The minimum absolute atomic E-state index is 0.222. The van der Waals surface area contributed by atoms with Crippen LogP contribution in [0.25, 0.3) is 0 Å². The van der Waals surface area contributed by atoms with Crippen LogP contribution in [0.1, 0.15) is 19.8 Å². The van der Waals surface area contributed by atoms with Crippen molar-refractivity contribution in [1.82, 2.24) is 0 Å². The van der Waals surface area contributed by atoms with E-state index in [1.165, 1.54) is 13.2 Å². The van der Waals surface area contributed by atoms with E-state index in [-0.39, 0.29) is 13.4 Å². The summed E-state index contributed by atoms with van der Waals surface area (Å²) in [6, 6.07) is 0. The van der Waals surface area contributed by atoms with Gasteiger partial charge in [0.1, 0.15) is 6.79 Å². The molecule has 1 unspecified atom stereocenters. The zero-order valence-corrected chi connectivity index (χ0v) is 13.1. The lowest BCUT2D eigenvalue weighted by atomic mass is 10.1. The second-order valence-corrected chi connectivity index (χ2v) is 6.64. The molecule has 0 bridgehead atoms. The Kier molecular flexibility index (Phi) is 9.74. The fourth-order valence-electron chi connectivity index (χ4n) is 1.13. The van der Waals surface area contributed by atoms with Crippen LogP contribution in [0.2, 0.25) is 0 Å². The Hall–Kier alpha value is -0.0800. The number of hydrogen-bond acceptors (Lipinski definition) is 6. The molecule has 0 aromatic carbocycles. The Bertz CT molecular complexity index is 389. The zero-order valence-electron chi connectivity index (χ0n) is 11.3. The molecule has 0 heterocycles. The summed E-state index contributed by atoms with van der Waals surface area (Å²) in [7, 11) is -8.30. The normalized spacial score (nSPS) is 16.1. The van der Waals surface area contributed by atoms with Gasteiger partial charge in [0.25, 0.3) is 0 Å². The van der Waals surface area contributed by atoms with Gasteiger partial charge in [-0.3, -0.25) is 4.52 Å². The van der Waals surface area contributed by atoms with Crippen molar-refractivity contribution in [3.05, 3.63) is 11.6 Å². The molecule has 0 radical (unpaired) electrons. The molecule has 120 valence electrons. The predicted octanol–water partition coefficient (Wildman–Crippen LogP) is 1.56. The number of methoxy groups -OCH3 is 1. The molecule has 0 aromatic rings. The molecule has 9 nitrogen and oxygen atoms in total. The largest absolute Gasteiger partial charge is 0.481 e. The summed E-state index contributed by atoms with van der Waals surface area (Å²) in [5, 5.41) is 0. The van der Waals surface area contributed by atoms with E-state index < -0.39 is 15.6 Å². The van der Waals surface area contributed by atoms with Crippen molar-refractivity contribution in [2.45, 2.75) is 19.8 Å². The van der Waals surface area contributed by atoms with Crippen molar-refractivity contribution in [2.24, 2.45) is 0 Å². The van der Waals surface area contributed by atoms with Crippen molar-refractivity contribution < 1.29 is 42.1 Å². The van der Waals surface area contributed by atoms with Crippen LogP contribution in [0.3, 0.4) is 0 Å². The molecule has 0 amide bonds. The van der Waals surface area contributed by atoms with Gasteiger partial charge in [0.15, 0.2) is 0 Å². The fraction of sp³-hybridized carbons (Fsp3) is 0.778. The molecular formula is C9H20O9P2. The van der Waals surface area contributed by atoms with Crippen LogP contribution in [-0.4, -0.2) is 41.8 Å². The van der Waals surface area contributed by atoms with Crippen LogP contribution in [0, 0.1) is 0 Å². The van der Waals surface area contributed by atoms with Crippen molar-refractivity contribution in [3.63, 3.8) is 0 Å². The summed E-state index contributed by atoms with van der Waals surface area (Å²) in [6.07, 6.45) is 2.94. The van der Waals surface area contributed by atoms with E-state index in [1.54, 1.807) is 6.92 Å². The van der Waals surface area contributed by atoms with Gasteiger partial charge in [-0.2, -0.15) is 4.31 Å². The second-order valence-electron chi connectivity index (χ2n) is 3.81. The molecule has 11 heteroatoms. The second kappa shape index (κ2) is 9.78. The van der Waals surface area contributed by atoms with Gasteiger partial charge in [0, 0.05) is 13.7 Å². The number of phosphoric ester groups is 1. The first-order valence-corrected chi connectivity index (χ1v) is 8.65. The SMILES string of the molecule is COCOCCC/C(C)=C/COP(=O)(O)OP(=O)(O)O. The third-order valence-corrected chi connectivity index (χ3v) is 4.09. The molecule has 0 saturated carbocycles. The Morgan fingerprint density at radius 2 is 1.90 bits per heavy atom. The van der Waals surface area contributed by atoms with Crippen LogP contribution in [0.15, 0.2) is 11.6 Å². The quantitative estimate of drug-likeness (QED) is 0.223. The van der Waals surface area contributed by atoms with Crippen molar-refractivity contribution in [1.29, 1.82) is 0 Å². The molecule has 0 rings (SSSR count). The maximum atomic E-state index is 11.1. The van der Waals surface area contributed by atoms with Gasteiger partial charge in [-0.05, 0) is 19.8 Å². The highest BCUT2D eigenvalue weighted by Crippen LogP contribution is 2.57. The van der Waals surface area contributed by atoms with E-state index >= 15 is 0 Å². The lowest BCUT2D eigenvalue weighted by Crippen LogP contribution is -1.99. The lowest BCUT2D eigenvalue weighted by molar-refractivity contribution is -0.0310. The van der Waals surface area contributed by atoms with Crippen LogP contribution in [0.5, 0.6) is 0 Å². The highest BCUT2D eigenvalue weighted by molar-refractivity contribution is 7.60. The van der Waals surface area contributed by atoms with Gasteiger partial charge in [-0.25, -0.2) is 9.13 Å². The number of rotatable bonds is 11. The van der Waals surface area contributed by atoms with Crippen molar-refractivity contribution >= 4 is 15.6 Å². The highest BCUT2D eigenvalue weighted by Gasteiger charge is 2.31. The predicted molar refractivity (Wildman–Crippen MR) is 69.7 cm³/mol. The van der Waals surface area contributed by atoms with Gasteiger partial charge in [-0.1, -0.05) is 11.6 Å². The lowest BCUT2D eigenvalue weighted by Gasteiger charge is -2.11. The molecule has 0 aliphatic heterocycles. The number of phosphoric acid groups is 2. The molecule has 1 atom stereocenters. The molecule has 0 saturated heterocycles. The standard InChI is InChI=1S/C9H20O9P2/c1-9(4-3-6-16-8-15-2)5-7-17-20(13,14)18-19(10,11)12/h5H,3-4,6-8H2,1-2H3,(H,13,14)(H2,10,11,12)/b9-5+. The van der Waals surface area contributed by atoms with Gasteiger partial charge in [-0.15, -0.1) is 0 Å². The van der Waals surface area contributed by atoms with Crippen LogP contribution < -0.4 is 0 Å². The Morgan fingerprint density at radius 3 is 2.45 bits per heavy atom.